The highest BCUT2D eigenvalue weighted by Gasteiger charge is 2.22. The molecule has 1 aliphatic rings. The number of ketones is 1. The molecule has 0 heterocycles. The summed E-state index contributed by atoms with van der Waals surface area (Å²) < 4.78 is 0. The second kappa shape index (κ2) is 6.85. The minimum Gasteiger partial charge on any atom is -0.308 e. The summed E-state index contributed by atoms with van der Waals surface area (Å²) in [6.07, 6.45) is 5.31. The molecule has 1 aromatic rings. The molecule has 0 aliphatic heterocycles. The lowest BCUT2D eigenvalue weighted by atomic mass is 9.80. The van der Waals surface area contributed by atoms with Crippen LogP contribution in [-0.2, 0) is 11.2 Å². The van der Waals surface area contributed by atoms with Crippen molar-refractivity contribution < 1.29 is 4.79 Å². The van der Waals surface area contributed by atoms with Crippen LogP contribution in [0.4, 0.5) is 0 Å². The molecule has 0 saturated carbocycles. The van der Waals surface area contributed by atoms with Gasteiger partial charge in [0.15, 0.2) is 0 Å². The van der Waals surface area contributed by atoms with Gasteiger partial charge in [0.25, 0.3) is 0 Å². The van der Waals surface area contributed by atoms with E-state index in [-0.39, 0.29) is 0 Å². The number of nitrogens with one attached hydrogen (secondary N) is 1. The number of benzene rings is 1. The van der Waals surface area contributed by atoms with Gasteiger partial charge in [0.1, 0.15) is 5.78 Å². The van der Waals surface area contributed by atoms with E-state index >= 15 is 0 Å². The zero-order valence-electron chi connectivity index (χ0n) is 12.1. The summed E-state index contributed by atoms with van der Waals surface area (Å²) in [5, 5.41) is 3.30. The number of hydrogen-bond donors (Lipinski definition) is 1. The number of carbonyl (C=O) groups is 1. The molecule has 1 aliphatic carbocycles. The molecule has 2 rings (SSSR count). The number of fused-ring (bicyclic) bond motifs is 1. The Morgan fingerprint density at radius 2 is 2.21 bits per heavy atom. The van der Waals surface area contributed by atoms with Gasteiger partial charge < -0.3 is 5.32 Å². The van der Waals surface area contributed by atoms with Crippen molar-refractivity contribution in [3.63, 3.8) is 0 Å². The third kappa shape index (κ3) is 3.90. The van der Waals surface area contributed by atoms with Gasteiger partial charge in [0.2, 0.25) is 0 Å². The average Bonchev–Trinajstić information content (AvgIpc) is 2.45. The second-order valence-electron chi connectivity index (χ2n) is 5.72. The van der Waals surface area contributed by atoms with Crippen molar-refractivity contribution in [3.05, 3.63) is 35.4 Å². The first-order chi connectivity index (χ1) is 9.20. The maximum absolute atomic E-state index is 12.1. The predicted molar refractivity (Wildman–Crippen MR) is 79.5 cm³/mol. The third-order valence-corrected chi connectivity index (χ3v) is 4.23. The van der Waals surface area contributed by atoms with Crippen LogP contribution in [-0.4, -0.2) is 18.4 Å². The van der Waals surface area contributed by atoms with E-state index in [1.165, 1.54) is 24.0 Å². The van der Waals surface area contributed by atoms with Gasteiger partial charge in [-0.05, 0) is 49.7 Å². The molecule has 1 aromatic carbocycles. The van der Waals surface area contributed by atoms with Crippen LogP contribution in [0.1, 0.15) is 56.6 Å². The summed E-state index contributed by atoms with van der Waals surface area (Å²) in [6, 6.07) is 9.05. The molecule has 1 N–H and O–H groups in total. The summed E-state index contributed by atoms with van der Waals surface area (Å²) in [6.45, 7) is 4.79. The fourth-order valence-electron chi connectivity index (χ4n) is 2.85. The average molecular weight is 259 g/mol. The molecule has 0 saturated heterocycles. The Labute approximate surface area is 116 Å². The molecule has 104 valence electrons. The lowest BCUT2D eigenvalue weighted by Crippen LogP contribution is -2.31. The zero-order valence-corrected chi connectivity index (χ0v) is 12.1. The molecular formula is C17H25NO. The van der Waals surface area contributed by atoms with E-state index in [1.54, 1.807) is 0 Å². The fraction of sp³-hybridized carbons (Fsp3) is 0.588. The molecule has 0 spiro atoms. The highest BCUT2D eigenvalue weighted by atomic mass is 16.1. The van der Waals surface area contributed by atoms with Gasteiger partial charge in [-0.2, -0.15) is 0 Å². The van der Waals surface area contributed by atoms with E-state index in [0.29, 0.717) is 30.7 Å². The lowest BCUT2D eigenvalue weighted by Gasteiger charge is -2.25. The van der Waals surface area contributed by atoms with Crippen LogP contribution in [0.2, 0.25) is 0 Å². The van der Waals surface area contributed by atoms with Gasteiger partial charge in [-0.15, -0.1) is 0 Å². The van der Waals surface area contributed by atoms with Crippen molar-refractivity contribution >= 4 is 5.78 Å². The zero-order chi connectivity index (χ0) is 13.7. The van der Waals surface area contributed by atoms with Crippen LogP contribution >= 0.6 is 0 Å². The summed E-state index contributed by atoms with van der Waals surface area (Å²) in [4.78, 5) is 12.1. The summed E-state index contributed by atoms with van der Waals surface area (Å²) in [7, 11) is 0. The van der Waals surface area contributed by atoms with E-state index in [9.17, 15) is 4.79 Å². The number of Topliss-reactive ketones (excluding diaryl/α,β-unsaturated/α-hetero) is 1. The Kier molecular flexibility index (Phi) is 5.15. The first-order valence-electron chi connectivity index (χ1n) is 7.53. The van der Waals surface area contributed by atoms with Gasteiger partial charge in [-0.1, -0.05) is 31.2 Å². The highest BCUT2D eigenvalue weighted by Crippen LogP contribution is 2.33. The summed E-state index contributed by atoms with van der Waals surface area (Å²) in [5.74, 6) is 0.790. The Hall–Kier alpha value is -1.15. The van der Waals surface area contributed by atoms with Gasteiger partial charge in [0, 0.05) is 12.5 Å². The highest BCUT2D eigenvalue weighted by molar-refractivity contribution is 5.81. The van der Waals surface area contributed by atoms with Crippen LogP contribution in [0.15, 0.2) is 24.3 Å². The standard InChI is InChI=1S/C17H25NO/c1-3-13(2)18-12-16(19)11-15-9-6-8-14-7-4-5-10-17(14)15/h4-5,7,10,13,15,18H,3,6,8-9,11-12H2,1-2H3. The van der Waals surface area contributed by atoms with Crippen molar-refractivity contribution in [3.8, 4) is 0 Å². The largest absolute Gasteiger partial charge is 0.308 e. The van der Waals surface area contributed by atoms with Gasteiger partial charge in [-0.25, -0.2) is 0 Å². The van der Waals surface area contributed by atoms with Crippen molar-refractivity contribution in [2.24, 2.45) is 0 Å². The van der Waals surface area contributed by atoms with Crippen molar-refractivity contribution in [1.29, 1.82) is 0 Å². The smallest absolute Gasteiger partial charge is 0.147 e. The predicted octanol–water partition coefficient (Wildman–Crippen LogP) is 3.45. The number of aryl methyl sites for hydroxylation is 1. The lowest BCUT2D eigenvalue weighted by molar-refractivity contribution is -0.118. The molecule has 0 aromatic heterocycles. The minimum atomic E-state index is 0.349. The monoisotopic (exact) mass is 259 g/mol. The van der Waals surface area contributed by atoms with Crippen LogP contribution in [0.5, 0.6) is 0 Å². The van der Waals surface area contributed by atoms with E-state index < -0.39 is 0 Å². The van der Waals surface area contributed by atoms with E-state index in [1.807, 2.05) is 0 Å². The molecule has 19 heavy (non-hydrogen) atoms. The van der Waals surface area contributed by atoms with Crippen molar-refractivity contribution in [2.45, 2.75) is 57.9 Å². The molecule has 2 atom stereocenters. The maximum Gasteiger partial charge on any atom is 0.147 e. The first-order valence-corrected chi connectivity index (χ1v) is 7.53. The van der Waals surface area contributed by atoms with Crippen molar-refractivity contribution in [2.75, 3.05) is 6.54 Å². The molecule has 0 fully saturated rings. The van der Waals surface area contributed by atoms with E-state index in [0.717, 1.165) is 12.8 Å². The molecule has 0 amide bonds. The Morgan fingerprint density at radius 1 is 1.42 bits per heavy atom. The minimum absolute atomic E-state index is 0.349. The molecule has 2 unspecified atom stereocenters. The Balaban J connectivity index is 1.91. The molecule has 0 radical (unpaired) electrons. The normalized spacial score (nSPS) is 19.8. The molecule has 0 bridgehead atoms. The van der Waals surface area contributed by atoms with E-state index in [2.05, 4.69) is 43.4 Å². The maximum atomic E-state index is 12.1. The Bertz CT molecular complexity index is 427. The SMILES string of the molecule is CCC(C)NCC(=O)CC1CCCc2ccccc21. The topological polar surface area (TPSA) is 29.1 Å². The van der Waals surface area contributed by atoms with Crippen LogP contribution in [0, 0.1) is 0 Å². The molecule has 2 heteroatoms. The fourth-order valence-corrected chi connectivity index (χ4v) is 2.85. The van der Waals surface area contributed by atoms with E-state index in [4.69, 9.17) is 0 Å². The number of rotatable bonds is 6. The molecular weight excluding hydrogens is 234 g/mol. The first kappa shape index (κ1) is 14.3. The number of carbonyl (C=O) groups excluding carboxylic acids is 1. The van der Waals surface area contributed by atoms with Gasteiger partial charge in [0.05, 0.1) is 6.54 Å². The van der Waals surface area contributed by atoms with Crippen molar-refractivity contribution in [1.82, 2.24) is 5.32 Å². The third-order valence-electron chi connectivity index (χ3n) is 4.23. The number of hydrogen-bond acceptors (Lipinski definition) is 2. The summed E-state index contributed by atoms with van der Waals surface area (Å²) in [5.41, 5.74) is 2.85. The van der Waals surface area contributed by atoms with Crippen LogP contribution in [0.3, 0.4) is 0 Å². The second-order valence-corrected chi connectivity index (χ2v) is 5.72. The van der Waals surface area contributed by atoms with Gasteiger partial charge >= 0.3 is 0 Å². The van der Waals surface area contributed by atoms with Gasteiger partial charge in [-0.3, -0.25) is 4.79 Å². The van der Waals surface area contributed by atoms with Crippen LogP contribution < -0.4 is 5.32 Å². The molecule has 2 nitrogen and oxygen atoms in total. The Morgan fingerprint density at radius 3 is 3.00 bits per heavy atom. The quantitative estimate of drug-likeness (QED) is 0.847. The summed E-state index contributed by atoms with van der Waals surface area (Å²) >= 11 is 0. The van der Waals surface area contributed by atoms with Crippen LogP contribution in [0.25, 0.3) is 0 Å².